The van der Waals surface area contributed by atoms with E-state index in [9.17, 15) is 17.6 Å². The highest BCUT2D eigenvalue weighted by Crippen LogP contribution is 2.28. The first kappa shape index (κ1) is 13.3. The number of hydrogen-bond donors (Lipinski definition) is 1. The summed E-state index contributed by atoms with van der Waals surface area (Å²) in [5.41, 5.74) is 0.0166. The van der Waals surface area contributed by atoms with E-state index in [1.54, 1.807) is 12.1 Å². The molecule has 19 heavy (non-hydrogen) atoms. The molecular weight excluding hydrogens is 260 g/mol. The van der Waals surface area contributed by atoms with Crippen molar-refractivity contribution in [2.24, 2.45) is 0 Å². The van der Waals surface area contributed by atoms with E-state index in [0.29, 0.717) is 12.4 Å². The minimum atomic E-state index is -4.39. The minimum Gasteiger partial charge on any atom is -0.366 e. The van der Waals surface area contributed by atoms with Crippen LogP contribution in [0.1, 0.15) is 11.1 Å². The molecule has 1 heterocycles. The van der Waals surface area contributed by atoms with Crippen LogP contribution in [-0.2, 0) is 12.7 Å². The predicted octanol–water partition coefficient (Wildman–Crippen LogP) is 3.85. The molecule has 6 heteroatoms. The number of hydrogen-bond acceptors (Lipinski definition) is 2. The monoisotopic (exact) mass is 270 g/mol. The van der Waals surface area contributed by atoms with Crippen LogP contribution in [0.25, 0.3) is 0 Å². The van der Waals surface area contributed by atoms with E-state index < -0.39 is 11.7 Å². The number of nitrogens with one attached hydrogen (secondary N) is 1. The van der Waals surface area contributed by atoms with Gasteiger partial charge >= 0.3 is 6.18 Å². The van der Waals surface area contributed by atoms with Crippen molar-refractivity contribution in [3.8, 4) is 0 Å². The molecular formula is C13H10F4N2. The lowest BCUT2D eigenvalue weighted by atomic mass is 10.2. The standard InChI is InChI=1S/C13H10F4N2/c14-11-4-1-9(2-5-11)7-18-12-6-3-10(8-19-12)13(15,16)17/h1-6,8H,7H2,(H,18,19). The highest BCUT2D eigenvalue weighted by Gasteiger charge is 2.30. The Morgan fingerprint density at radius 2 is 1.68 bits per heavy atom. The van der Waals surface area contributed by atoms with Gasteiger partial charge in [0.05, 0.1) is 5.56 Å². The maximum Gasteiger partial charge on any atom is 0.417 e. The third-order valence-corrected chi connectivity index (χ3v) is 2.48. The van der Waals surface area contributed by atoms with Crippen LogP contribution in [-0.4, -0.2) is 4.98 Å². The summed E-state index contributed by atoms with van der Waals surface area (Å²) >= 11 is 0. The molecule has 0 aliphatic carbocycles. The van der Waals surface area contributed by atoms with Crippen LogP contribution in [0.2, 0.25) is 0 Å². The molecule has 0 radical (unpaired) electrons. The van der Waals surface area contributed by atoms with Gasteiger partial charge in [-0.2, -0.15) is 13.2 Å². The van der Waals surface area contributed by atoms with Gasteiger partial charge in [0.2, 0.25) is 0 Å². The van der Waals surface area contributed by atoms with Gasteiger partial charge < -0.3 is 5.32 Å². The van der Waals surface area contributed by atoms with Crippen molar-refractivity contribution in [2.75, 3.05) is 5.32 Å². The van der Waals surface area contributed by atoms with E-state index in [2.05, 4.69) is 10.3 Å². The van der Waals surface area contributed by atoms with Crippen molar-refractivity contribution in [3.05, 3.63) is 59.5 Å². The quantitative estimate of drug-likeness (QED) is 0.857. The molecule has 0 unspecified atom stereocenters. The average Bonchev–Trinajstić information content (AvgIpc) is 2.37. The number of alkyl halides is 3. The number of anilines is 1. The summed E-state index contributed by atoms with van der Waals surface area (Å²) in [6.07, 6.45) is -3.62. The van der Waals surface area contributed by atoms with Crippen molar-refractivity contribution >= 4 is 5.82 Å². The normalized spacial score (nSPS) is 11.4. The zero-order valence-electron chi connectivity index (χ0n) is 9.71. The minimum absolute atomic E-state index is 0.331. The van der Waals surface area contributed by atoms with Crippen LogP contribution in [0.4, 0.5) is 23.4 Å². The molecule has 1 N–H and O–H groups in total. The van der Waals surface area contributed by atoms with Crippen LogP contribution < -0.4 is 5.32 Å². The topological polar surface area (TPSA) is 24.9 Å². The second kappa shape index (κ2) is 5.26. The molecule has 2 aromatic rings. The number of halogens is 4. The van der Waals surface area contributed by atoms with E-state index >= 15 is 0 Å². The van der Waals surface area contributed by atoms with E-state index in [0.717, 1.165) is 17.8 Å². The first-order valence-electron chi connectivity index (χ1n) is 5.47. The number of nitrogens with zero attached hydrogens (tertiary/aromatic N) is 1. The van der Waals surface area contributed by atoms with Crippen LogP contribution in [0.15, 0.2) is 42.6 Å². The first-order chi connectivity index (χ1) is 8.95. The van der Waals surface area contributed by atoms with Gasteiger partial charge in [-0.05, 0) is 29.8 Å². The number of rotatable bonds is 3. The van der Waals surface area contributed by atoms with Crippen molar-refractivity contribution < 1.29 is 17.6 Å². The Bertz CT molecular complexity index is 532. The fourth-order valence-electron chi connectivity index (χ4n) is 1.46. The molecule has 2 nitrogen and oxygen atoms in total. The SMILES string of the molecule is Fc1ccc(CNc2ccc(C(F)(F)F)cn2)cc1. The summed E-state index contributed by atoms with van der Waals surface area (Å²) in [5.74, 6) is -0.00581. The molecule has 0 bridgehead atoms. The van der Waals surface area contributed by atoms with Gasteiger partial charge in [-0.3, -0.25) is 0 Å². The summed E-state index contributed by atoms with van der Waals surface area (Å²) in [6.45, 7) is 0.360. The zero-order chi connectivity index (χ0) is 13.9. The Kier molecular flexibility index (Phi) is 3.69. The van der Waals surface area contributed by atoms with Gasteiger partial charge in [0.25, 0.3) is 0 Å². The molecule has 1 aromatic heterocycles. The maximum absolute atomic E-state index is 12.7. The molecule has 0 saturated carbocycles. The van der Waals surface area contributed by atoms with Crippen LogP contribution >= 0.6 is 0 Å². The lowest BCUT2D eigenvalue weighted by Crippen LogP contribution is -2.07. The second-order valence-electron chi connectivity index (χ2n) is 3.91. The maximum atomic E-state index is 12.7. The highest BCUT2D eigenvalue weighted by atomic mass is 19.4. The number of aromatic nitrogens is 1. The van der Waals surface area contributed by atoms with Gasteiger partial charge in [0.15, 0.2) is 0 Å². The van der Waals surface area contributed by atoms with Gasteiger partial charge in [0, 0.05) is 12.7 Å². The predicted molar refractivity (Wildman–Crippen MR) is 63.0 cm³/mol. The molecule has 1 aromatic carbocycles. The number of pyridine rings is 1. The second-order valence-corrected chi connectivity index (χ2v) is 3.91. The summed E-state index contributed by atoms with van der Waals surface area (Å²) in [6, 6.07) is 8.03. The third-order valence-electron chi connectivity index (χ3n) is 2.48. The highest BCUT2D eigenvalue weighted by molar-refractivity contribution is 5.37. The lowest BCUT2D eigenvalue weighted by Gasteiger charge is -2.08. The molecule has 0 atom stereocenters. The van der Waals surface area contributed by atoms with Crippen LogP contribution in [0, 0.1) is 5.82 Å². The Balaban J connectivity index is 1.98. The van der Waals surface area contributed by atoms with E-state index in [-0.39, 0.29) is 5.82 Å². The zero-order valence-corrected chi connectivity index (χ0v) is 9.71. The van der Waals surface area contributed by atoms with E-state index in [1.807, 2.05) is 0 Å². The van der Waals surface area contributed by atoms with Crippen LogP contribution in [0.3, 0.4) is 0 Å². The molecule has 0 aliphatic rings. The fourth-order valence-corrected chi connectivity index (χ4v) is 1.46. The van der Waals surface area contributed by atoms with Gasteiger partial charge in [-0.1, -0.05) is 12.1 Å². The molecule has 0 spiro atoms. The Morgan fingerprint density at radius 1 is 1.00 bits per heavy atom. The number of benzene rings is 1. The Labute approximate surface area is 107 Å². The smallest absolute Gasteiger partial charge is 0.366 e. The van der Waals surface area contributed by atoms with Gasteiger partial charge in [-0.25, -0.2) is 9.37 Å². The first-order valence-corrected chi connectivity index (χ1v) is 5.47. The third kappa shape index (κ3) is 3.67. The summed E-state index contributed by atoms with van der Waals surface area (Å²) in [5, 5.41) is 2.86. The van der Waals surface area contributed by atoms with Crippen molar-refractivity contribution in [1.29, 1.82) is 0 Å². The average molecular weight is 270 g/mol. The van der Waals surface area contributed by atoms with Gasteiger partial charge in [0.1, 0.15) is 11.6 Å². The Morgan fingerprint density at radius 3 is 2.21 bits per heavy atom. The van der Waals surface area contributed by atoms with Crippen molar-refractivity contribution in [3.63, 3.8) is 0 Å². The van der Waals surface area contributed by atoms with Crippen LogP contribution in [0.5, 0.6) is 0 Å². The summed E-state index contributed by atoms with van der Waals surface area (Å²) in [4.78, 5) is 3.67. The largest absolute Gasteiger partial charge is 0.417 e. The molecule has 0 aliphatic heterocycles. The van der Waals surface area contributed by atoms with E-state index in [4.69, 9.17) is 0 Å². The van der Waals surface area contributed by atoms with Crippen molar-refractivity contribution in [1.82, 2.24) is 4.98 Å². The Hall–Kier alpha value is -2.11. The molecule has 100 valence electrons. The molecule has 2 rings (SSSR count). The fraction of sp³-hybridized carbons (Fsp3) is 0.154. The summed E-state index contributed by atoms with van der Waals surface area (Å²) in [7, 11) is 0. The molecule has 0 saturated heterocycles. The molecule has 0 fully saturated rings. The van der Waals surface area contributed by atoms with E-state index in [1.165, 1.54) is 18.2 Å². The molecule has 0 amide bonds. The lowest BCUT2D eigenvalue weighted by molar-refractivity contribution is -0.137. The summed E-state index contributed by atoms with van der Waals surface area (Å²) < 4.78 is 49.6. The van der Waals surface area contributed by atoms with Crippen molar-refractivity contribution in [2.45, 2.75) is 12.7 Å². The van der Waals surface area contributed by atoms with Gasteiger partial charge in [-0.15, -0.1) is 0 Å².